The predicted molar refractivity (Wildman–Crippen MR) is 71.3 cm³/mol. The summed E-state index contributed by atoms with van der Waals surface area (Å²) >= 11 is 14.9. The number of nitrogens with zero attached hydrogens (tertiary/aromatic N) is 1. The Bertz CT molecular complexity index is 384. The molecular formula is C11H12BrCl2NO. The van der Waals surface area contributed by atoms with Gasteiger partial charge in [0.25, 0.3) is 0 Å². The monoisotopic (exact) mass is 323 g/mol. The van der Waals surface area contributed by atoms with Crippen molar-refractivity contribution in [1.29, 1.82) is 0 Å². The van der Waals surface area contributed by atoms with Crippen molar-refractivity contribution in [3.63, 3.8) is 0 Å². The smallest absolute Gasteiger partial charge is 0.223 e. The number of hydrogen-bond acceptors (Lipinski definition) is 1. The van der Waals surface area contributed by atoms with Gasteiger partial charge in [0, 0.05) is 25.3 Å². The second-order valence-corrected chi connectivity index (χ2v) is 5.04. The molecule has 0 saturated carbocycles. The summed E-state index contributed by atoms with van der Waals surface area (Å²) in [6, 6.07) is 5.38. The van der Waals surface area contributed by atoms with Crippen LogP contribution in [0, 0.1) is 0 Å². The van der Waals surface area contributed by atoms with E-state index in [0.29, 0.717) is 28.3 Å². The molecule has 1 aromatic carbocycles. The maximum atomic E-state index is 11.5. The molecule has 2 nitrogen and oxygen atoms in total. The van der Waals surface area contributed by atoms with Gasteiger partial charge in [0.1, 0.15) is 0 Å². The van der Waals surface area contributed by atoms with E-state index in [9.17, 15) is 4.79 Å². The number of rotatable bonds is 4. The lowest BCUT2D eigenvalue weighted by Crippen LogP contribution is -2.26. The number of carbonyl (C=O) groups is 1. The van der Waals surface area contributed by atoms with Crippen LogP contribution in [0.1, 0.15) is 12.0 Å². The van der Waals surface area contributed by atoms with E-state index in [0.717, 1.165) is 5.56 Å². The molecule has 1 aromatic rings. The van der Waals surface area contributed by atoms with Gasteiger partial charge in [-0.1, -0.05) is 45.2 Å². The molecule has 5 heteroatoms. The molecule has 0 heterocycles. The Labute approximate surface area is 114 Å². The molecule has 0 aliphatic rings. The quantitative estimate of drug-likeness (QED) is 0.773. The summed E-state index contributed by atoms with van der Waals surface area (Å²) in [5.41, 5.74) is 0.972. The zero-order valence-corrected chi connectivity index (χ0v) is 11.9. The second-order valence-electron chi connectivity index (χ2n) is 3.44. The Morgan fingerprint density at radius 2 is 2.06 bits per heavy atom. The third-order valence-electron chi connectivity index (χ3n) is 2.14. The van der Waals surface area contributed by atoms with Gasteiger partial charge in [-0.15, -0.1) is 0 Å². The topological polar surface area (TPSA) is 20.3 Å². The third kappa shape index (κ3) is 3.96. The number of benzene rings is 1. The maximum absolute atomic E-state index is 11.5. The third-order valence-corrected chi connectivity index (χ3v) is 3.27. The lowest BCUT2D eigenvalue weighted by Gasteiger charge is -2.17. The number of halogens is 3. The van der Waals surface area contributed by atoms with E-state index in [1.165, 1.54) is 0 Å². The van der Waals surface area contributed by atoms with Gasteiger partial charge in [-0.3, -0.25) is 4.79 Å². The van der Waals surface area contributed by atoms with Gasteiger partial charge >= 0.3 is 0 Å². The summed E-state index contributed by atoms with van der Waals surface area (Å²) in [7, 11) is 1.77. The highest BCUT2D eigenvalue weighted by Gasteiger charge is 2.09. The highest BCUT2D eigenvalue weighted by atomic mass is 79.9. The molecule has 0 atom stereocenters. The van der Waals surface area contributed by atoms with Gasteiger partial charge in [0.2, 0.25) is 5.91 Å². The standard InChI is InChI=1S/C11H12BrCl2NO/c1-15(11(16)4-5-12)7-8-2-3-9(13)10(14)6-8/h2-3,6H,4-5,7H2,1H3. The van der Waals surface area contributed by atoms with E-state index >= 15 is 0 Å². The Morgan fingerprint density at radius 3 is 2.62 bits per heavy atom. The summed E-state index contributed by atoms with van der Waals surface area (Å²) in [5.74, 6) is 0.1000. The SMILES string of the molecule is CN(Cc1ccc(Cl)c(Cl)c1)C(=O)CCBr. The predicted octanol–water partition coefficient (Wildman–Crippen LogP) is 3.74. The molecule has 1 amide bonds. The highest BCUT2D eigenvalue weighted by molar-refractivity contribution is 9.09. The summed E-state index contributed by atoms with van der Waals surface area (Å²) in [6.07, 6.45) is 0.498. The van der Waals surface area contributed by atoms with Crippen LogP contribution in [-0.2, 0) is 11.3 Å². The molecule has 0 N–H and O–H groups in total. The first kappa shape index (κ1) is 13.8. The molecule has 0 fully saturated rings. The van der Waals surface area contributed by atoms with E-state index in [2.05, 4.69) is 15.9 Å². The minimum atomic E-state index is 0.1000. The minimum absolute atomic E-state index is 0.1000. The zero-order valence-electron chi connectivity index (χ0n) is 8.84. The van der Waals surface area contributed by atoms with Crippen LogP contribution in [0.4, 0.5) is 0 Å². The van der Waals surface area contributed by atoms with Gasteiger partial charge < -0.3 is 4.90 Å². The van der Waals surface area contributed by atoms with E-state index in [-0.39, 0.29) is 5.91 Å². The molecule has 0 aromatic heterocycles. The first-order chi connectivity index (χ1) is 7.54. The van der Waals surface area contributed by atoms with Gasteiger partial charge in [-0.25, -0.2) is 0 Å². The lowest BCUT2D eigenvalue weighted by atomic mass is 10.2. The molecular weight excluding hydrogens is 313 g/mol. The fraction of sp³-hybridized carbons (Fsp3) is 0.364. The van der Waals surface area contributed by atoms with Crippen molar-refractivity contribution in [3.8, 4) is 0 Å². The van der Waals surface area contributed by atoms with Crippen molar-refractivity contribution < 1.29 is 4.79 Å². The lowest BCUT2D eigenvalue weighted by molar-refractivity contribution is -0.129. The number of carbonyl (C=O) groups excluding carboxylic acids is 1. The first-order valence-electron chi connectivity index (χ1n) is 4.78. The summed E-state index contributed by atoms with van der Waals surface area (Å²) in [6.45, 7) is 0.544. The summed E-state index contributed by atoms with van der Waals surface area (Å²) in [5, 5.41) is 1.72. The van der Waals surface area contributed by atoms with Crippen LogP contribution in [-0.4, -0.2) is 23.2 Å². The van der Waals surface area contributed by atoms with Crippen LogP contribution < -0.4 is 0 Å². The fourth-order valence-corrected chi connectivity index (χ4v) is 1.93. The van der Waals surface area contributed by atoms with Crippen molar-refractivity contribution in [1.82, 2.24) is 4.90 Å². The largest absolute Gasteiger partial charge is 0.341 e. The van der Waals surface area contributed by atoms with E-state index < -0.39 is 0 Å². The molecule has 16 heavy (non-hydrogen) atoms. The van der Waals surface area contributed by atoms with Crippen LogP contribution >= 0.6 is 39.1 Å². The van der Waals surface area contributed by atoms with E-state index in [1.54, 1.807) is 24.1 Å². The van der Waals surface area contributed by atoms with Crippen molar-refractivity contribution >= 4 is 45.0 Å². The Balaban J connectivity index is 2.66. The van der Waals surface area contributed by atoms with E-state index in [4.69, 9.17) is 23.2 Å². The van der Waals surface area contributed by atoms with Gasteiger partial charge in [0.15, 0.2) is 0 Å². The molecule has 1 rings (SSSR count). The summed E-state index contributed by atoms with van der Waals surface area (Å²) in [4.78, 5) is 13.2. The minimum Gasteiger partial charge on any atom is -0.341 e. The van der Waals surface area contributed by atoms with Crippen molar-refractivity contribution in [2.24, 2.45) is 0 Å². The van der Waals surface area contributed by atoms with Crippen LogP contribution in [0.2, 0.25) is 10.0 Å². The highest BCUT2D eigenvalue weighted by Crippen LogP contribution is 2.23. The van der Waals surface area contributed by atoms with Crippen LogP contribution in [0.15, 0.2) is 18.2 Å². The average Bonchev–Trinajstić information content (AvgIpc) is 2.24. The van der Waals surface area contributed by atoms with Crippen molar-refractivity contribution in [3.05, 3.63) is 33.8 Å². The van der Waals surface area contributed by atoms with Crippen molar-refractivity contribution in [2.45, 2.75) is 13.0 Å². The Morgan fingerprint density at radius 1 is 1.38 bits per heavy atom. The van der Waals surface area contributed by atoms with Crippen LogP contribution in [0.25, 0.3) is 0 Å². The summed E-state index contributed by atoms with van der Waals surface area (Å²) < 4.78 is 0. The van der Waals surface area contributed by atoms with E-state index in [1.807, 2.05) is 6.07 Å². The second kappa shape index (κ2) is 6.48. The zero-order chi connectivity index (χ0) is 12.1. The average molecular weight is 325 g/mol. The van der Waals surface area contributed by atoms with Gasteiger partial charge in [-0.05, 0) is 17.7 Å². The number of hydrogen-bond donors (Lipinski definition) is 0. The maximum Gasteiger partial charge on any atom is 0.223 e. The van der Waals surface area contributed by atoms with Crippen LogP contribution in [0.5, 0.6) is 0 Å². The first-order valence-corrected chi connectivity index (χ1v) is 6.66. The number of amides is 1. The van der Waals surface area contributed by atoms with Gasteiger partial charge in [-0.2, -0.15) is 0 Å². The molecule has 88 valence electrons. The molecule has 0 radical (unpaired) electrons. The van der Waals surface area contributed by atoms with Crippen LogP contribution in [0.3, 0.4) is 0 Å². The fourth-order valence-electron chi connectivity index (χ4n) is 1.27. The normalized spacial score (nSPS) is 10.2. The number of alkyl halides is 1. The molecule has 0 spiro atoms. The molecule has 0 aliphatic heterocycles. The Hall–Kier alpha value is -0.250. The molecule has 0 aliphatic carbocycles. The Kier molecular flexibility index (Phi) is 5.59. The molecule has 0 saturated heterocycles. The van der Waals surface area contributed by atoms with Gasteiger partial charge in [0.05, 0.1) is 10.0 Å². The molecule has 0 bridgehead atoms. The molecule has 0 unspecified atom stereocenters. The van der Waals surface area contributed by atoms with Crippen molar-refractivity contribution in [2.75, 3.05) is 12.4 Å².